The Labute approximate surface area is 154 Å². The molecule has 0 bridgehead atoms. The number of hydrogen-bond acceptors (Lipinski definition) is 5. The van der Waals surface area contributed by atoms with Gasteiger partial charge in [0.15, 0.2) is 0 Å². The van der Waals surface area contributed by atoms with Crippen molar-refractivity contribution in [2.45, 2.75) is 53.2 Å². The van der Waals surface area contributed by atoms with Crippen LogP contribution < -0.4 is 0 Å². The Morgan fingerprint density at radius 1 is 1.19 bits per heavy atom. The van der Waals surface area contributed by atoms with Gasteiger partial charge in [0.05, 0.1) is 24.5 Å². The molecule has 7 nitrogen and oxygen atoms in total. The molecule has 0 aromatic carbocycles. The van der Waals surface area contributed by atoms with E-state index in [1.807, 2.05) is 43.3 Å². The summed E-state index contributed by atoms with van der Waals surface area (Å²) in [7, 11) is 0. The number of ether oxygens (including phenoxy) is 1. The number of amides is 1. The second-order valence-corrected chi connectivity index (χ2v) is 6.93. The molecular weight excluding hydrogens is 330 g/mol. The zero-order valence-electron chi connectivity index (χ0n) is 16.0. The van der Waals surface area contributed by atoms with Gasteiger partial charge in [0, 0.05) is 30.9 Å². The van der Waals surface area contributed by atoms with E-state index in [1.165, 1.54) is 0 Å². The van der Waals surface area contributed by atoms with E-state index in [-0.39, 0.29) is 12.0 Å². The first kappa shape index (κ1) is 18.5. The minimum Gasteiger partial charge on any atom is -0.368 e. The van der Waals surface area contributed by atoms with Crippen LogP contribution in [0.4, 0.5) is 0 Å². The smallest absolute Gasteiger partial charge is 0.222 e. The maximum absolute atomic E-state index is 12.6. The SMILES string of the molecule is Cc1cc([C@H]2CN(C(=O)CCCn3nc(C)cc3C)CCO2)nc(C)n1. The van der Waals surface area contributed by atoms with Crippen molar-refractivity contribution in [1.82, 2.24) is 24.6 Å². The third-order valence-electron chi connectivity index (χ3n) is 4.60. The van der Waals surface area contributed by atoms with Crippen molar-refractivity contribution < 1.29 is 9.53 Å². The molecule has 2 aromatic rings. The molecule has 1 aliphatic heterocycles. The van der Waals surface area contributed by atoms with Gasteiger partial charge < -0.3 is 9.64 Å². The second-order valence-electron chi connectivity index (χ2n) is 6.93. The standard InChI is InChI=1S/C19H27N5O2/c1-13-11-17(21-16(4)20-13)18-12-23(8-9-26-18)19(25)6-5-7-24-15(3)10-14(2)22-24/h10-11,18H,5-9,12H2,1-4H3/t18-/m1/s1. The summed E-state index contributed by atoms with van der Waals surface area (Å²) in [4.78, 5) is 23.3. The molecule has 0 unspecified atom stereocenters. The third-order valence-corrected chi connectivity index (χ3v) is 4.60. The Kier molecular flexibility index (Phi) is 5.66. The minimum absolute atomic E-state index is 0.169. The third kappa shape index (κ3) is 4.46. The normalized spacial score (nSPS) is 17.5. The summed E-state index contributed by atoms with van der Waals surface area (Å²) < 4.78 is 7.82. The van der Waals surface area contributed by atoms with Gasteiger partial charge in [-0.15, -0.1) is 0 Å². The van der Waals surface area contributed by atoms with E-state index < -0.39 is 0 Å². The topological polar surface area (TPSA) is 73.1 Å². The maximum atomic E-state index is 12.6. The molecule has 26 heavy (non-hydrogen) atoms. The molecule has 1 atom stereocenters. The highest BCUT2D eigenvalue weighted by molar-refractivity contribution is 5.76. The molecule has 0 N–H and O–H groups in total. The number of morpholine rings is 1. The summed E-state index contributed by atoms with van der Waals surface area (Å²) in [5, 5.41) is 4.45. The molecule has 3 heterocycles. The average molecular weight is 357 g/mol. The van der Waals surface area contributed by atoms with E-state index in [1.54, 1.807) is 0 Å². The van der Waals surface area contributed by atoms with Crippen LogP contribution in [0, 0.1) is 27.7 Å². The molecule has 1 aliphatic rings. The summed E-state index contributed by atoms with van der Waals surface area (Å²) in [6.07, 6.45) is 1.13. The van der Waals surface area contributed by atoms with Gasteiger partial charge in [0.1, 0.15) is 11.9 Å². The minimum atomic E-state index is -0.177. The van der Waals surface area contributed by atoms with E-state index in [0.717, 1.165) is 41.6 Å². The molecule has 1 fully saturated rings. The predicted molar refractivity (Wildman–Crippen MR) is 97.7 cm³/mol. The maximum Gasteiger partial charge on any atom is 0.222 e. The monoisotopic (exact) mass is 357 g/mol. The Hall–Kier alpha value is -2.28. The van der Waals surface area contributed by atoms with E-state index in [4.69, 9.17) is 4.74 Å². The molecule has 140 valence electrons. The summed E-state index contributed by atoms with van der Waals surface area (Å²) in [6.45, 7) is 10.3. The van der Waals surface area contributed by atoms with Gasteiger partial charge in [0.2, 0.25) is 5.91 Å². The number of carbonyl (C=O) groups is 1. The molecule has 3 rings (SSSR count). The van der Waals surface area contributed by atoms with Gasteiger partial charge >= 0.3 is 0 Å². The lowest BCUT2D eigenvalue weighted by atomic mass is 10.1. The molecule has 2 aromatic heterocycles. The average Bonchev–Trinajstić information content (AvgIpc) is 2.91. The molecule has 0 aliphatic carbocycles. The lowest BCUT2D eigenvalue weighted by molar-refractivity contribution is -0.139. The first-order valence-corrected chi connectivity index (χ1v) is 9.15. The quantitative estimate of drug-likeness (QED) is 0.821. The Morgan fingerprint density at radius 3 is 2.69 bits per heavy atom. The molecule has 0 radical (unpaired) electrons. The van der Waals surface area contributed by atoms with Crippen LogP contribution in [0.25, 0.3) is 0 Å². The molecule has 0 spiro atoms. The molecule has 7 heteroatoms. The first-order valence-electron chi connectivity index (χ1n) is 9.15. The molecule has 1 saturated heterocycles. The molecule has 1 amide bonds. The van der Waals surface area contributed by atoms with Gasteiger partial charge in [-0.05, 0) is 46.2 Å². The van der Waals surface area contributed by atoms with Gasteiger partial charge in [0.25, 0.3) is 0 Å². The molecular formula is C19H27N5O2. The van der Waals surface area contributed by atoms with Crippen LogP contribution >= 0.6 is 0 Å². The fourth-order valence-corrected chi connectivity index (χ4v) is 3.40. The first-order chi connectivity index (χ1) is 12.4. The van der Waals surface area contributed by atoms with Crippen LogP contribution in [0.2, 0.25) is 0 Å². The van der Waals surface area contributed by atoms with Crippen molar-refractivity contribution in [2.75, 3.05) is 19.7 Å². The van der Waals surface area contributed by atoms with Crippen molar-refractivity contribution in [3.05, 3.63) is 40.7 Å². The highest BCUT2D eigenvalue weighted by atomic mass is 16.5. The highest BCUT2D eigenvalue weighted by Crippen LogP contribution is 2.22. The van der Waals surface area contributed by atoms with E-state index >= 15 is 0 Å². The number of rotatable bonds is 5. The zero-order chi connectivity index (χ0) is 18.7. The number of aryl methyl sites for hydroxylation is 5. The molecule has 0 saturated carbocycles. The second kappa shape index (κ2) is 7.95. The van der Waals surface area contributed by atoms with Crippen molar-refractivity contribution in [3.63, 3.8) is 0 Å². The van der Waals surface area contributed by atoms with Gasteiger partial charge in [-0.1, -0.05) is 0 Å². The van der Waals surface area contributed by atoms with Crippen LogP contribution in [0.3, 0.4) is 0 Å². The van der Waals surface area contributed by atoms with Crippen LogP contribution in [-0.2, 0) is 16.1 Å². The summed E-state index contributed by atoms with van der Waals surface area (Å²) >= 11 is 0. The number of hydrogen-bond donors (Lipinski definition) is 0. The Bertz CT molecular complexity index is 766. The number of nitrogens with zero attached hydrogens (tertiary/aromatic N) is 5. The van der Waals surface area contributed by atoms with E-state index in [9.17, 15) is 4.79 Å². The Morgan fingerprint density at radius 2 is 2.00 bits per heavy atom. The van der Waals surface area contributed by atoms with Crippen LogP contribution in [0.15, 0.2) is 12.1 Å². The van der Waals surface area contributed by atoms with Crippen molar-refractivity contribution >= 4 is 5.91 Å². The summed E-state index contributed by atoms with van der Waals surface area (Å²) in [6, 6.07) is 3.99. The fourth-order valence-electron chi connectivity index (χ4n) is 3.40. The van der Waals surface area contributed by atoms with Crippen molar-refractivity contribution in [3.8, 4) is 0 Å². The predicted octanol–water partition coefficient (Wildman–Crippen LogP) is 2.29. The summed E-state index contributed by atoms with van der Waals surface area (Å²) in [5.74, 6) is 0.902. The highest BCUT2D eigenvalue weighted by Gasteiger charge is 2.26. The van der Waals surface area contributed by atoms with Crippen molar-refractivity contribution in [2.24, 2.45) is 0 Å². The zero-order valence-corrected chi connectivity index (χ0v) is 16.0. The van der Waals surface area contributed by atoms with Crippen LogP contribution in [-0.4, -0.2) is 50.3 Å². The number of aromatic nitrogens is 4. The van der Waals surface area contributed by atoms with E-state index in [2.05, 4.69) is 21.1 Å². The van der Waals surface area contributed by atoms with E-state index in [0.29, 0.717) is 26.1 Å². The number of carbonyl (C=O) groups excluding carboxylic acids is 1. The van der Waals surface area contributed by atoms with Crippen molar-refractivity contribution in [1.29, 1.82) is 0 Å². The lowest BCUT2D eigenvalue weighted by Gasteiger charge is -2.33. The fraction of sp³-hybridized carbons (Fsp3) is 0.579. The Balaban J connectivity index is 1.55. The van der Waals surface area contributed by atoms with Gasteiger partial charge in [-0.3, -0.25) is 9.48 Å². The van der Waals surface area contributed by atoms with Gasteiger partial charge in [-0.25, -0.2) is 9.97 Å². The lowest BCUT2D eigenvalue weighted by Crippen LogP contribution is -2.42. The largest absolute Gasteiger partial charge is 0.368 e. The van der Waals surface area contributed by atoms with Crippen LogP contribution in [0.1, 0.15) is 47.5 Å². The van der Waals surface area contributed by atoms with Crippen LogP contribution in [0.5, 0.6) is 0 Å². The van der Waals surface area contributed by atoms with Gasteiger partial charge in [-0.2, -0.15) is 5.10 Å². The summed E-state index contributed by atoms with van der Waals surface area (Å²) in [5.41, 5.74) is 3.93.